The molecular formula is C14H21NO3S. The highest BCUT2D eigenvalue weighted by Crippen LogP contribution is 2.15. The molecule has 0 saturated carbocycles. The Morgan fingerprint density at radius 1 is 1.32 bits per heavy atom. The monoisotopic (exact) mass is 283 g/mol. The van der Waals surface area contributed by atoms with Gasteiger partial charge >= 0.3 is 0 Å². The van der Waals surface area contributed by atoms with Crippen molar-refractivity contribution in [2.75, 3.05) is 6.54 Å². The van der Waals surface area contributed by atoms with Crippen LogP contribution in [-0.2, 0) is 20.4 Å². The van der Waals surface area contributed by atoms with E-state index >= 15 is 0 Å². The number of amides is 1. The second-order valence-electron chi connectivity index (χ2n) is 4.67. The first-order valence-electron chi connectivity index (χ1n) is 6.42. The normalized spacial score (nSPS) is 13.0. The predicted molar refractivity (Wildman–Crippen MR) is 76.6 cm³/mol. The molecule has 1 N–H and O–H groups in total. The van der Waals surface area contributed by atoms with Crippen LogP contribution in [0.3, 0.4) is 0 Å². The van der Waals surface area contributed by atoms with E-state index in [1.807, 2.05) is 26.0 Å². The van der Waals surface area contributed by atoms with Gasteiger partial charge in [0.1, 0.15) is 5.25 Å². The van der Waals surface area contributed by atoms with Crippen LogP contribution in [0.4, 0.5) is 0 Å². The summed E-state index contributed by atoms with van der Waals surface area (Å²) < 4.78 is 24.4. The second kappa shape index (κ2) is 6.70. The summed E-state index contributed by atoms with van der Waals surface area (Å²) in [5.74, 6) is -0.518. The minimum Gasteiger partial charge on any atom is -0.355 e. The van der Waals surface area contributed by atoms with E-state index in [-0.39, 0.29) is 5.75 Å². The van der Waals surface area contributed by atoms with Crippen molar-refractivity contribution >= 4 is 15.7 Å². The number of carbonyl (C=O) groups is 1. The number of hydrogen-bond donors (Lipinski definition) is 1. The summed E-state index contributed by atoms with van der Waals surface area (Å²) in [6.07, 6.45) is 0.788. The second-order valence-corrected chi connectivity index (χ2v) is 6.99. The van der Waals surface area contributed by atoms with Crippen LogP contribution in [0.15, 0.2) is 24.3 Å². The standard InChI is InChI=1S/C14H21NO3S/c1-4-9-15-14(16)12(3)19(17,18)10-13-8-6-5-7-11(13)2/h5-8,12H,4,9-10H2,1-3H3,(H,15,16). The molecule has 0 radical (unpaired) electrons. The maximum Gasteiger partial charge on any atom is 0.238 e. The first-order chi connectivity index (χ1) is 8.88. The summed E-state index contributed by atoms with van der Waals surface area (Å²) in [5.41, 5.74) is 1.67. The maximum absolute atomic E-state index is 12.2. The van der Waals surface area contributed by atoms with Crippen molar-refractivity contribution in [2.24, 2.45) is 0 Å². The smallest absolute Gasteiger partial charge is 0.238 e. The van der Waals surface area contributed by atoms with Gasteiger partial charge in [-0.25, -0.2) is 8.42 Å². The van der Waals surface area contributed by atoms with Crippen LogP contribution >= 0.6 is 0 Å². The van der Waals surface area contributed by atoms with E-state index in [2.05, 4.69) is 5.32 Å². The molecule has 0 heterocycles. The molecule has 19 heavy (non-hydrogen) atoms. The molecule has 0 fully saturated rings. The van der Waals surface area contributed by atoms with Crippen molar-refractivity contribution in [3.05, 3.63) is 35.4 Å². The molecular weight excluding hydrogens is 262 g/mol. The molecule has 0 bridgehead atoms. The lowest BCUT2D eigenvalue weighted by molar-refractivity contribution is -0.120. The first-order valence-corrected chi connectivity index (χ1v) is 8.13. The Hall–Kier alpha value is -1.36. The molecule has 106 valence electrons. The van der Waals surface area contributed by atoms with Crippen LogP contribution in [0.25, 0.3) is 0 Å². The topological polar surface area (TPSA) is 63.2 Å². The van der Waals surface area contributed by atoms with Gasteiger partial charge < -0.3 is 5.32 Å². The highest BCUT2D eigenvalue weighted by Gasteiger charge is 2.28. The zero-order valence-electron chi connectivity index (χ0n) is 11.6. The fourth-order valence-corrected chi connectivity index (χ4v) is 3.09. The molecule has 1 unspecified atom stereocenters. The number of aryl methyl sites for hydroxylation is 1. The molecule has 0 aliphatic carbocycles. The Morgan fingerprint density at radius 3 is 2.53 bits per heavy atom. The lowest BCUT2D eigenvalue weighted by atomic mass is 10.1. The third-order valence-corrected chi connectivity index (χ3v) is 5.08. The lowest BCUT2D eigenvalue weighted by Crippen LogP contribution is -2.38. The molecule has 0 spiro atoms. The Bertz CT molecular complexity index is 537. The summed E-state index contributed by atoms with van der Waals surface area (Å²) in [5, 5.41) is 1.61. The summed E-state index contributed by atoms with van der Waals surface area (Å²) >= 11 is 0. The lowest BCUT2D eigenvalue weighted by Gasteiger charge is -2.14. The molecule has 1 amide bonds. The number of carbonyl (C=O) groups excluding carboxylic acids is 1. The maximum atomic E-state index is 12.2. The zero-order valence-corrected chi connectivity index (χ0v) is 12.5. The highest BCUT2D eigenvalue weighted by molar-refractivity contribution is 7.92. The third kappa shape index (κ3) is 4.35. The molecule has 1 atom stereocenters. The van der Waals surface area contributed by atoms with Gasteiger partial charge in [-0.15, -0.1) is 0 Å². The molecule has 0 saturated heterocycles. The van der Waals surface area contributed by atoms with E-state index in [1.54, 1.807) is 12.1 Å². The van der Waals surface area contributed by atoms with Crippen LogP contribution in [0.1, 0.15) is 31.4 Å². The molecule has 0 aliphatic rings. The van der Waals surface area contributed by atoms with E-state index in [1.165, 1.54) is 6.92 Å². The quantitative estimate of drug-likeness (QED) is 0.866. The summed E-state index contributed by atoms with van der Waals surface area (Å²) in [4.78, 5) is 11.7. The molecule has 1 aromatic rings. The van der Waals surface area contributed by atoms with Gasteiger partial charge in [0.25, 0.3) is 0 Å². The summed E-state index contributed by atoms with van der Waals surface area (Å²) in [6.45, 7) is 5.74. The van der Waals surface area contributed by atoms with Crippen LogP contribution in [0.5, 0.6) is 0 Å². The Kier molecular flexibility index (Phi) is 5.54. The van der Waals surface area contributed by atoms with E-state index < -0.39 is 21.0 Å². The van der Waals surface area contributed by atoms with Gasteiger partial charge in [0.05, 0.1) is 5.75 Å². The van der Waals surface area contributed by atoms with Gasteiger partial charge in [-0.1, -0.05) is 31.2 Å². The number of hydrogen-bond acceptors (Lipinski definition) is 3. The van der Waals surface area contributed by atoms with Crippen LogP contribution < -0.4 is 5.32 Å². The van der Waals surface area contributed by atoms with Crippen molar-refractivity contribution in [1.82, 2.24) is 5.32 Å². The van der Waals surface area contributed by atoms with Crippen molar-refractivity contribution in [3.63, 3.8) is 0 Å². The number of rotatable bonds is 6. The van der Waals surface area contributed by atoms with Gasteiger partial charge in [0.15, 0.2) is 9.84 Å². The van der Waals surface area contributed by atoms with Crippen LogP contribution in [-0.4, -0.2) is 26.1 Å². The predicted octanol–water partition coefficient (Wildman–Crippen LogP) is 1.82. The van der Waals surface area contributed by atoms with Crippen LogP contribution in [0.2, 0.25) is 0 Å². The highest BCUT2D eigenvalue weighted by atomic mass is 32.2. The molecule has 5 heteroatoms. The van der Waals surface area contributed by atoms with Crippen molar-refractivity contribution < 1.29 is 13.2 Å². The Morgan fingerprint density at radius 2 is 1.95 bits per heavy atom. The average Bonchev–Trinajstić information content (AvgIpc) is 2.37. The molecule has 0 aromatic heterocycles. The van der Waals surface area contributed by atoms with Gasteiger partial charge in [-0.3, -0.25) is 4.79 Å². The molecule has 0 aliphatic heterocycles. The number of nitrogens with one attached hydrogen (secondary N) is 1. The van der Waals surface area contributed by atoms with Crippen LogP contribution in [0, 0.1) is 6.92 Å². The number of benzene rings is 1. The van der Waals surface area contributed by atoms with Gasteiger partial charge in [-0.2, -0.15) is 0 Å². The van der Waals surface area contributed by atoms with E-state index in [0.29, 0.717) is 6.54 Å². The minimum absolute atomic E-state index is 0.0968. The van der Waals surface area contributed by atoms with Crippen molar-refractivity contribution in [1.29, 1.82) is 0 Å². The van der Waals surface area contributed by atoms with E-state index in [0.717, 1.165) is 17.5 Å². The van der Waals surface area contributed by atoms with E-state index in [4.69, 9.17) is 0 Å². The summed E-state index contributed by atoms with van der Waals surface area (Å²) in [7, 11) is -3.48. The van der Waals surface area contributed by atoms with Gasteiger partial charge in [0, 0.05) is 6.54 Å². The number of sulfone groups is 1. The average molecular weight is 283 g/mol. The van der Waals surface area contributed by atoms with Crippen molar-refractivity contribution in [2.45, 2.75) is 38.2 Å². The molecule has 4 nitrogen and oxygen atoms in total. The largest absolute Gasteiger partial charge is 0.355 e. The Labute approximate surface area is 115 Å². The fourth-order valence-electron chi connectivity index (χ4n) is 1.67. The zero-order chi connectivity index (χ0) is 14.5. The fraction of sp³-hybridized carbons (Fsp3) is 0.500. The Balaban J connectivity index is 2.81. The summed E-state index contributed by atoms with van der Waals surface area (Å²) in [6, 6.07) is 7.32. The first kappa shape index (κ1) is 15.7. The molecule has 1 aromatic carbocycles. The van der Waals surface area contributed by atoms with Gasteiger partial charge in [-0.05, 0) is 31.4 Å². The van der Waals surface area contributed by atoms with E-state index in [9.17, 15) is 13.2 Å². The minimum atomic E-state index is -3.48. The van der Waals surface area contributed by atoms with Gasteiger partial charge in [0.2, 0.25) is 5.91 Å². The third-order valence-electron chi connectivity index (χ3n) is 3.08. The molecule has 1 rings (SSSR count). The van der Waals surface area contributed by atoms with Crippen molar-refractivity contribution in [3.8, 4) is 0 Å². The SMILES string of the molecule is CCCNC(=O)C(C)S(=O)(=O)Cc1ccccc1C.